The highest BCUT2D eigenvalue weighted by Gasteiger charge is 2.18. The van der Waals surface area contributed by atoms with Crippen LogP contribution < -0.4 is 5.32 Å². The zero-order valence-electron chi connectivity index (χ0n) is 9.53. The lowest BCUT2D eigenvalue weighted by molar-refractivity contribution is 0.360. The SMILES string of the molecule is Cc1ccnc(NC2CCC(C)CC2)n1. The van der Waals surface area contributed by atoms with Crippen molar-refractivity contribution >= 4 is 5.95 Å². The van der Waals surface area contributed by atoms with Gasteiger partial charge in [0.1, 0.15) is 0 Å². The zero-order valence-corrected chi connectivity index (χ0v) is 9.53. The molecule has 0 aliphatic heterocycles. The Balaban J connectivity index is 1.92. The first kappa shape index (κ1) is 10.4. The van der Waals surface area contributed by atoms with Gasteiger partial charge in [-0.05, 0) is 44.6 Å². The minimum absolute atomic E-state index is 0.572. The number of anilines is 1. The van der Waals surface area contributed by atoms with Gasteiger partial charge < -0.3 is 5.32 Å². The van der Waals surface area contributed by atoms with Gasteiger partial charge in [-0.2, -0.15) is 0 Å². The molecule has 1 aromatic rings. The van der Waals surface area contributed by atoms with E-state index in [1.165, 1.54) is 25.7 Å². The lowest BCUT2D eigenvalue weighted by Crippen LogP contribution is -2.26. The van der Waals surface area contributed by atoms with Crippen molar-refractivity contribution in [2.24, 2.45) is 5.92 Å². The molecule has 2 rings (SSSR count). The first-order valence-corrected chi connectivity index (χ1v) is 5.80. The summed E-state index contributed by atoms with van der Waals surface area (Å²) in [7, 11) is 0. The lowest BCUT2D eigenvalue weighted by atomic mass is 9.87. The van der Waals surface area contributed by atoms with E-state index in [4.69, 9.17) is 0 Å². The van der Waals surface area contributed by atoms with Crippen molar-refractivity contribution in [1.82, 2.24) is 9.97 Å². The normalized spacial score (nSPS) is 26.3. The van der Waals surface area contributed by atoms with Crippen molar-refractivity contribution in [3.05, 3.63) is 18.0 Å². The van der Waals surface area contributed by atoms with Crippen LogP contribution in [-0.4, -0.2) is 16.0 Å². The van der Waals surface area contributed by atoms with Crippen LogP contribution in [-0.2, 0) is 0 Å². The highest BCUT2D eigenvalue weighted by Crippen LogP contribution is 2.25. The molecule has 3 nitrogen and oxygen atoms in total. The summed E-state index contributed by atoms with van der Waals surface area (Å²) in [6.45, 7) is 4.33. The first-order valence-electron chi connectivity index (χ1n) is 5.80. The molecule has 1 aliphatic rings. The van der Waals surface area contributed by atoms with Crippen LogP contribution in [0, 0.1) is 12.8 Å². The molecule has 1 saturated carbocycles. The van der Waals surface area contributed by atoms with Crippen molar-refractivity contribution in [3.63, 3.8) is 0 Å². The van der Waals surface area contributed by atoms with E-state index in [2.05, 4.69) is 22.2 Å². The summed E-state index contributed by atoms with van der Waals surface area (Å²) in [6, 6.07) is 2.50. The van der Waals surface area contributed by atoms with E-state index in [1.54, 1.807) is 0 Å². The fraction of sp³-hybridized carbons (Fsp3) is 0.667. The second-order valence-corrected chi connectivity index (χ2v) is 4.62. The summed E-state index contributed by atoms with van der Waals surface area (Å²) in [5, 5.41) is 3.42. The maximum Gasteiger partial charge on any atom is 0.223 e. The predicted octanol–water partition coefficient (Wildman–Crippen LogP) is 2.78. The van der Waals surface area contributed by atoms with Crippen molar-refractivity contribution in [1.29, 1.82) is 0 Å². The topological polar surface area (TPSA) is 37.8 Å². The van der Waals surface area contributed by atoms with Gasteiger partial charge in [0.15, 0.2) is 0 Å². The number of aromatic nitrogens is 2. The third-order valence-electron chi connectivity index (χ3n) is 3.14. The number of nitrogens with one attached hydrogen (secondary N) is 1. The summed E-state index contributed by atoms with van der Waals surface area (Å²) in [5.74, 6) is 1.68. The van der Waals surface area contributed by atoms with Crippen molar-refractivity contribution < 1.29 is 0 Å². The van der Waals surface area contributed by atoms with Crippen LogP contribution >= 0.6 is 0 Å². The zero-order chi connectivity index (χ0) is 10.7. The average Bonchev–Trinajstić information content (AvgIpc) is 2.22. The van der Waals surface area contributed by atoms with Crippen LogP contribution in [0.5, 0.6) is 0 Å². The highest BCUT2D eigenvalue weighted by molar-refractivity contribution is 5.26. The van der Waals surface area contributed by atoms with E-state index in [0.717, 1.165) is 17.6 Å². The van der Waals surface area contributed by atoms with Gasteiger partial charge in [0.2, 0.25) is 5.95 Å². The number of nitrogens with zero attached hydrogens (tertiary/aromatic N) is 2. The molecule has 1 N–H and O–H groups in total. The smallest absolute Gasteiger partial charge is 0.223 e. The standard InChI is InChI=1S/C12H19N3/c1-9-3-5-11(6-4-9)15-12-13-8-7-10(2)14-12/h7-9,11H,3-6H2,1-2H3,(H,13,14,15). The Morgan fingerprint density at radius 1 is 1.27 bits per heavy atom. The minimum Gasteiger partial charge on any atom is -0.351 e. The van der Waals surface area contributed by atoms with Gasteiger partial charge in [0.25, 0.3) is 0 Å². The molecule has 1 aromatic heterocycles. The number of aryl methyl sites for hydroxylation is 1. The molecule has 0 saturated heterocycles. The molecule has 0 unspecified atom stereocenters. The Kier molecular flexibility index (Phi) is 3.19. The summed E-state index contributed by atoms with van der Waals surface area (Å²) >= 11 is 0. The van der Waals surface area contributed by atoms with Gasteiger partial charge in [-0.1, -0.05) is 6.92 Å². The molecule has 3 heteroatoms. The fourth-order valence-corrected chi connectivity index (χ4v) is 2.11. The second kappa shape index (κ2) is 4.60. The van der Waals surface area contributed by atoms with E-state index >= 15 is 0 Å². The van der Waals surface area contributed by atoms with Crippen molar-refractivity contribution in [2.45, 2.75) is 45.6 Å². The second-order valence-electron chi connectivity index (χ2n) is 4.62. The molecule has 0 spiro atoms. The summed E-state index contributed by atoms with van der Waals surface area (Å²) in [5.41, 5.74) is 1.02. The van der Waals surface area contributed by atoms with E-state index in [9.17, 15) is 0 Å². The predicted molar refractivity (Wildman–Crippen MR) is 61.8 cm³/mol. The van der Waals surface area contributed by atoms with Gasteiger partial charge in [0, 0.05) is 17.9 Å². The molecule has 1 heterocycles. The van der Waals surface area contributed by atoms with E-state index in [-0.39, 0.29) is 0 Å². The minimum atomic E-state index is 0.572. The number of rotatable bonds is 2. The van der Waals surface area contributed by atoms with Crippen LogP contribution in [0.2, 0.25) is 0 Å². The van der Waals surface area contributed by atoms with Crippen LogP contribution in [0.1, 0.15) is 38.3 Å². The Labute approximate surface area is 91.3 Å². The third kappa shape index (κ3) is 2.91. The quantitative estimate of drug-likeness (QED) is 0.806. The Morgan fingerprint density at radius 3 is 2.67 bits per heavy atom. The van der Waals surface area contributed by atoms with Gasteiger partial charge in [0.05, 0.1) is 0 Å². The van der Waals surface area contributed by atoms with Crippen molar-refractivity contribution in [3.8, 4) is 0 Å². The Morgan fingerprint density at radius 2 is 2.00 bits per heavy atom. The van der Waals surface area contributed by atoms with Crippen molar-refractivity contribution in [2.75, 3.05) is 5.32 Å². The molecule has 1 fully saturated rings. The Hall–Kier alpha value is -1.12. The maximum atomic E-state index is 4.36. The number of hydrogen-bond acceptors (Lipinski definition) is 3. The molecular formula is C12H19N3. The molecule has 0 aromatic carbocycles. The third-order valence-corrected chi connectivity index (χ3v) is 3.14. The number of hydrogen-bond donors (Lipinski definition) is 1. The maximum absolute atomic E-state index is 4.36. The van der Waals surface area contributed by atoms with Gasteiger partial charge in [-0.3, -0.25) is 0 Å². The summed E-state index contributed by atoms with van der Waals surface area (Å²) < 4.78 is 0. The van der Waals surface area contributed by atoms with Crippen LogP contribution in [0.4, 0.5) is 5.95 Å². The van der Waals surface area contributed by atoms with Gasteiger partial charge >= 0.3 is 0 Å². The van der Waals surface area contributed by atoms with E-state index in [1.807, 2.05) is 19.2 Å². The molecule has 82 valence electrons. The summed E-state index contributed by atoms with van der Waals surface area (Å²) in [4.78, 5) is 8.59. The van der Waals surface area contributed by atoms with Crippen LogP contribution in [0.3, 0.4) is 0 Å². The fourth-order valence-electron chi connectivity index (χ4n) is 2.11. The molecule has 0 bridgehead atoms. The van der Waals surface area contributed by atoms with E-state index in [0.29, 0.717) is 6.04 Å². The molecule has 1 aliphatic carbocycles. The monoisotopic (exact) mass is 205 g/mol. The molecular weight excluding hydrogens is 186 g/mol. The van der Waals surface area contributed by atoms with E-state index < -0.39 is 0 Å². The Bertz CT molecular complexity index is 316. The molecule has 0 amide bonds. The van der Waals surface area contributed by atoms with Gasteiger partial charge in [-0.15, -0.1) is 0 Å². The van der Waals surface area contributed by atoms with Crippen LogP contribution in [0.25, 0.3) is 0 Å². The van der Waals surface area contributed by atoms with Gasteiger partial charge in [-0.25, -0.2) is 9.97 Å². The first-order chi connectivity index (χ1) is 7.24. The van der Waals surface area contributed by atoms with Crippen LogP contribution in [0.15, 0.2) is 12.3 Å². The molecule has 0 radical (unpaired) electrons. The largest absolute Gasteiger partial charge is 0.351 e. The molecule has 0 atom stereocenters. The lowest BCUT2D eigenvalue weighted by Gasteiger charge is -2.26. The average molecular weight is 205 g/mol. The highest BCUT2D eigenvalue weighted by atomic mass is 15.1. The summed E-state index contributed by atoms with van der Waals surface area (Å²) in [6.07, 6.45) is 6.96. The molecule has 15 heavy (non-hydrogen) atoms.